The summed E-state index contributed by atoms with van der Waals surface area (Å²) in [6, 6.07) is 8.26. The van der Waals surface area contributed by atoms with Crippen LogP contribution in [0, 0.1) is 0 Å². The Kier molecular flexibility index (Phi) is 7.77. The standard InChI is InChI=1S/C15H25ClO3Si/c1-5-17-20(18-6-2,19-7-3)13(4)15-10-8-14(12-16)9-11-15/h8-11,13H,5-7,12H2,1-4H3. The molecule has 1 aromatic carbocycles. The van der Waals surface area contributed by atoms with Crippen molar-refractivity contribution in [2.24, 2.45) is 0 Å². The summed E-state index contributed by atoms with van der Waals surface area (Å²) in [4.78, 5) is 0. The number of benzene rings is 1. The molecule has 1 atom stereocenters. The first-order valence-corrected chi connectivity index (χ1v) is 9.53. The fourth-order valence-corrected chi connectivity index (χ4v) is 5.19. The molecule has 1 aromatic rings. The molecule has 0 aliphatic rings. The highest BCUT2D eigenvalue weighted by Crippen LogP contribution is 2.30. The van der Waals surface area contributed by atoms with Gasteiger partial charge in [0.1, 0.15) is 0 Å². The summed E-state index contributed by atoms with van der Waals surface area (Å²) in [6.45, 7) is 9.82. The van der Waals surface area contributed by atoms with Gasteiger partial charge in [0.2, 0.25) is 0 Å². The molecule has 0 aliphatic carbocycles. The van der Waals surface area contributed by atoms with Gasteiger partial charge in [-0.05, 0) is 31.9 Å². The van der Waals surface area contributed by atoms with Gasteiger partial charge >= 0.3 is 8.80 Å². The van der Waals surface area contributed by atoms with Gasteiger partial charge in [0.05, 0.1) is 5.54 Å². The van der Waals surface area contributed by atoms with Gasteiger partial charge in [-0.15, -0.1) is 11.6 Å². The maximum atomic E-state index is 5.95. The average molecular weight is 317 g/mol. The van der Waals surface area contributed by atoms with E-state index in [0.717, 1.165) is 5.56 Å². The van der Waals surface area contributed by atoms with Crippen molar-refractivity contribution in [1.29, 1.82) is 0 Å². The summed E-state index contributed by atoms with van der Waals surface area (Å²) in [6.07, 6.45) is 0. The zero-order chi connectivity index (χ0) is 15.0. The lowest BCUT2D eigenvalue weighted by atomic mass is 10.1. The molecule has 0 aliphatic heterocycles. The molecule has 0 bridgehead atoms. The molecule has 0 saturated heterocycles. The molecule has 3 nitrogen and oxygen atoms in total. The van der Waals surface area contributed by atoms with Crippen molar-refractivity contribution in [3.8, 4) is 0 Å². The maximum absolute atomic E-state index is 5.95. The number of halogens is 1. The van der Waals surface area contributed by atoms with Gasteiger partial charge in [0.15, 0.2) is 0 Å². The summed E-state index contributed by atoms with van der Waals surface area (Å²) in [5, 5.41) is 0. The SMILES string of the molecule is CCO[Si](OCC)(OCC)C(C)c1ccc(CCl)cc1. The van der Waals surface area contributed by atoms with Crippen molar-refractivity contribution in [2.75, 3.05) is 19.8 Å². The molecule has 1 rings (SSSR count). The van der Waals surface area contributed by atoms with Crippen LogP contribution < -0.4 is 0 Å². The lowest BCUT2D eigenvalue weighted by Crippen LogP contribution is -2.51. The maximum Gasteiger partial charge on any atom is 0.508 e. The van der Waals surface area contributed by atoms with E-state index >= 15 is 0 Å². The Balaban J connectivity index is 3.02. The fourth-order valence-electron chi connectivity index (χ4n) is 2.20. The predicted octanol–water partition coefficient (Wildman–Crippen LogP) is 4.12. The van der Waals surface area contributed by atoms with Crippen molar-refractivity contribution in [3.05, 3.63) is 35.4 Å². The van der Waals surface area contributed by atoms with Crippen molar-refractivity contribution in [1.82, 2.24) is 0 Å². The third-order valence-electron chi connectivity index (χ3n) is 3.20. The van der Waals surface area contributed by atoms with E-state index in [1.807, 2.05) is 32.9 Å². The zero-order valence-corrected chi connectivity index (χ0v) is 14.6. The van der Waals surface area contributed by atoms with Crippen molar-refractivity contribution in [3.63, 3.8) is 0 Å². The summed E-state index contributed by atoms with van der Waals surface area (Å²) in [5.41, 5.74) is 2.38. The van der Waals surface area contributed by atoms with Gasteiger partial charge in [0, 0.05) is 25.7 Å². The second-order valence-electron chi connectivity index (χ2n) is 4.50. The summed E-state index contributed by atoms with van der Waals surface area (Å²) in [5.74, 6) is 0.527. The predicted molar refractivity (Wildman–Crippen MR) is 85.0 cm³/mol. The number of hydrogen-bond acceptors (Lipinski definition) is 3. The lowest BCUT2D eigenvalue weighted by molar-refractivity contribution is 0.0633. The van der Waals surface area contributed by atoms with E-state index in [0.29, 0.717) is 25.7 Å². The second-order valence-corrected chi connectivity index (χ2v) is 7.71. The minimum atomic E-state index is -2.70. The topological polar surface area (TPSA) is 27.7 Å². The van der Waals surface area contributed by atoms with Gasteiger partial charge in [-0.2, -0.15) is 0 Å². The first-order chi connectivity index (χ1) is 9.63. The highest BCUT2D eigenvalue weighted by atomic mass is 35.5. The molecule has 0 fully saturated rings. The molecule has 20 heavy (non-hydrogen) atoms. The molecule has 0 radical (unpaired) electrons. The van der Waals surface area contributed by atoms with E-state index in [9.17, 15) is 0 Å². The molecular formula is C15H25ClO3Si. The van der Waals surface area contributed by atoms with Crippen LogP contribution in [-0.4, -0.2) is 28.6 Å². The highest BCUT2D eigenvalue weighted by Gasteiger charge is 2.47. The first kappa shape index (κ1) is 17.7. The van der Waals surface area contributed by atoms with Crippen LogP contribution in [0.15, 0.2) is 24.3 Å². The normalized spacial score (nSPS) is 13.4. The van der Waals surface area contributed by atoms with Crippen molar-refractivity contribution >= 4 is 20.4 Å². The Hall–Kier alpha value is -0.393. The largest absolute Gasteiger partial charge is 0.508 e. The number of alkyl halides is 1. The van der Waals surface area contributed by atoms with E-state index in [-0.39, 0.29) is 5.54 Å². The van der Waals surface area contributed by atoms with Gasteiger partial charge in [-0.25, -0.2) is 0 Å². The first-order valence-electron chi connectivity index (χ1n) is 7.20. The van der Waals surface area contributed by atoms with Crippen LogP contribution in [0.3, 0.4) is 0 Å². The van der Waals surface area contributed by atoms with Gasteiger partial charge in [-0.3, -0.25) is 0 Å². The minimum absolute atomic E-state index is 0.103. The average Bonchev–Trinajstić information content (AvgIpc) is 2.47. The Morgan fingerprint density at radius 3 is 1.75 bits per heavy atom. The third kappa shape index (κ3) is 4.30. The second kappa shape index (κ2) is 8.80. The molecular weight excluding hydrogens is 292 g/mol. The molecule has 0 aromatic heterocycles. The van der Waals surface area contributed by atoms with Crippen molar-refractivity contribution in [2.45, 2.75) is 39.1 Å². The van der Waals surface area contributed by atoms with E-state index in [1.54, 1.807) is 0 Å². The van der Waals surface area contributed by atoms with Crippen molar-refractivity contribution < 1.29 is 13.3 Å². The molecule has 114 valence electrons. The monoisotopic (exact) mass is 316 g/mol. The number of rotatable bonds is 9. The van der Waals surface area contributed by atoms with E-state index in [4.69, 9.17) is 24.9 Å². The quantitative estimate of drug-likeness (QED) is 0.507. The Bertz CT molecular complexity index is 366. The molecule has 0 N–H and O–H groups in total. The van der Waals surface area contributed by atoms with E-state index < -0.39 is 8.80 Å². The summed E-state index contributed by atoms with van der Waals surface area (Å²) in [7, 11) is -2.70. The van der Waals surface area contributed by atoms with Gasteiger partial charge in [0.25, 0.3) is 0 Å². The molecule has 0 saturated carbocycles. The third-order valence-corrected chi connectivity index (χ3v) is 6.98. The van der Waals surface area contributed by atoms with Crippen LogP contribution in [0.25, 0.3) is 0 Å². The Labute approximate surface area is 128 Å². The van der Waals surface area contributed by atoms with Gasteiger partial charge in [-0.1, -0.05) is 31.2 Å². The Morgan fingerprint density at radius 1 is 0.950 bits per heavy atom. The van der Waals surface area contributed by atoms with E-state index in [2.05, 4.69) is 19.1 Å². The van der Waals surface area contributed by atoms with Crippen LogP contribution in [0.5, 0.6) is 0 Å². The summed E-state index contributed by atoms with van der Waals surface area (Å²) >= 11 is 5.83. The Morgan fingerprint density at radius 2 is 1.40 bits per heavy atom. The molecule has 0 amide bonds. The fraction of sp³-hybridized carbons (Fsp3) is 0.600. The van der Waals surface area contributed by atoms with Crippen LogP contribution in [0.4, 0.5) is 0 Å². The van der Waals surface area contributed by atoms with E-state index in [1.165, 1.54) is 5.56 Å². The smallest absolute Gasteiger partial charge is 0.373 e. The summed E-state index contributed by atoms with van der Waals surface area (Å²) < 4.78 is 17.9. The molecule has 0 heterocycles. The molecule has 1 unspecified atom stereocenters. The highest BCUT2D eigenvalue weighted by molar-refractivity contribution is 6.62. The zero-order valence-electron chi connectivity index (χ0n) is 12.8. The lowest BCUT2D eigenvalue weighted by Gasteiger charge is -2.33. The minimum Gasteiger partial charge on any atom is -0.373 e. The van der Waals surface area contributed by atoms with Crippen LogP contribution in [0.2, 0.25) is 0 Å². The molecule has 5 heteroatoms. The number of hydrogen-bond donors (Lipinski definition) is 0. The van der Waals surface area contributed by atoms with Crippen LogP contribution in [0.1, 0.15) is 44.4 Å². The van der Waals surface area contributed by atoms with Crippen LogP contribution in [-0.2, 0) is 19.2 Å². The molecule has 0 spiro atoms. The van der Waals surface area contributed by atoms with Gasteiger partial charge < -0.3 is 13.3 Å². The van der Waals surface area contributed by atoms with Crippen LogP contribution >= 0.6 is 11.6 Å².